The third-order valence-electron chi connectivity index (χ3n) is 3.10. The summed E-state index contributed by atoms with van der Waals surface area (Å²) in [7, 11) is 3.53. The molecular formula is C14H21N3O2. The Labute approximate surface area is 113 Å². The highest BCUT2D eigenvalue weighted by atomic mass is 16.5. The molecule has 0 saturated heterocycles. The van der Waals surface area contributed by atoms with Gasteiger partial charge in [0.1, 0.15) is 5.75 Å². The van der Waals surface area contributed by atoms with Crippen molar-refractivity contribution in [2.75, 3.05) is 20.7 Å². The van der Waals surface area contributed by atoms with Gasteiger partial charge in [-0.2, -0.15) is 0 Å². The van der Waals surface area contributed by atoms with Crippen molar-refractivity contribution >= 4 is 5.91 Å². The van der Waals surface area contributed by atoms with Crippen molar-refractivity contribution in [1.82, 2.24) is 10.4 Å². The van der Waals surface area contributed by atoms with Crippen molar-refractivity contribution in [2.45, 2.75) is 25.3 Å². The van der Waals surface area contributed by atoms with E-state index in [-0.39, 0.29) is 5.91 Å². The fourth-order valence-corrected chi connectivity index (χ4v) is 2.19. The lowest BCUT2D eigenvalue weighted by Crippen LogP contribution is -2.47. The first-order valence-electron chi connectivity index (χ1n) is 6.54. The average molecular weight is 263 g/mol. The molecule has 0 saturated carbocycles. The van der Waals surface area contributed by atoms with Crippen LogP contribution in [0.25, 0.3) is 0 Å². The van der Waals surface area contributed by atoms with Gasteiger partial charge < -0.3 is 10.5 Å². The highest BCUT2D eigenvalue weighted by Gasteiger charge is 2.16. The summed E-state index contributed by atoms with van der Waals surface area (Å²) >= 11 is 0. The van der Waals surface area contributed by atoms with Crippen LogP contribution in [0.3, 0.4) is 0 Å². The van der Waals surface area contributed by atoms with Crippen molar-refractivity contribution < 1.29 is 9.53 Å². The molecular weight excluding hydrogens is 242 g/mol. The maximum absolute atomic E-state index is 11.7. The van der Waals surface area contributed by atoms with E-state index in [0.29, 0.717) is 6.42 Å². The van der Waals surface area contributed by atoms with E-state index in [2.05, 4.69) is 11.5 Å². The summed E-state index contributed by atoms with van der Waals surface area (Å²) in [4.78, 5) is 11.7. The first kappa shape index (κ1) is 13.8. The minimum Gasteiger partial charge on any atom is -0.493 e. The Morgan fingerprint density at radius 3 is 3.05 bits per heavy atom. The number of ether oxygens (including phenoxy) is 1. The highest BCUT2D eigenvalue weighted by Crippen LogP contribution is 2.25. The SMILES string of the molecule is CN(C)NC(=O)C(N)Cc1ccc2c(c1)CCCO2. The van der Waals surface area contributed by atoms with E-state index in [1.54, 1.807) is 19.1 Å². The summed E-state index contributed by atoms with van der Waals surface area (Å²) < 4.78 is 5.57. The number of nitrogens with one attached hydrogen (secondary N) is 1. The topological polar surface area (TPSA) is 67.6 Å². The number of carbonyl (C=O) groups excluding carboxylic acids is 1. The highest BCUT2D eigenvalue weighted by molar-refractivity contribution is 5.81. The van der Waals surface area contributed by atoms with Crippen LogP contribution in [-0.4, -0.2) is 37.7 Å². The Hall–Kier alpha value is -1.59. The predicted octanol–water partition coefficient (Wildman–Crippen LogP) is 0.474. The standard InChI is InChI=1S/C14H21N3O2/c1-17(2)16-14(18)12(15)9-10-5-6-13-11(8-10)4-3-7-19-13/h5-6,8,12H,3-4,7,9,15H2,1-2H3,(H,16,18). The first-order valence-corrected chi connectivity index (χ1v) is 6.54. The van der Waals surface area contributed by atoms with Gasteiger partial charge in [0, 0.05) is 14.1 Å². The van der Waals surface area contributed by atoms with E-state index < -0.39 is 6.04 Å². The molecule has 0 spiro atoms. The molecule has 1 aromatic rings. The number of nitrogens with two attached hydrogens (primary N) is 1. The lowest BCUT2D eigenvalue weighted by atomic mass is 9.99. The first-order chi connectivity index (χ1) is 9.06. The van der Waals surface area contributed by atoms with E-state index >= 15 is 0 Å². The number of carbonyl (C=O) groups is 1. The van der Waals surface area contributed by atoms with Crippen LogP contribution in [0, 0.1) is 0 Å². The molecule has 5 nitrogen and oxygen atoms in total. The van der Waals surface area contributed by atoms with E-state index in [4.69, 9.17) is 10.5 Å². The average Bonchev–Trinajstić information content (AvgIpc) is 2.37. The van der Waals surface area contributed by atoms with Gasteiger partial charge in [-0.3, -0.25) is 10.2 Å². The Balaban J connectivity index is 2.01. The molecule has 1 heterocycles. The molecule has 1 aromatic carbocycles. The van der Waals surface area contributed by atoms with Crippen molar-refractivity contribution in [3.8, 4) is 5.75 Å². The second-order valence-corrected chi connectivity index (χ2v) is 5.08. The number of hydrogen-bond acceptors (Lipinski definition) is 4. The second kappa shape index (κ2) is 6.04. The number of fused-ring (bicyclic) bond motifs is 1. The number of aryl methyl sites for hydroxylation is 1. The van der Waals surface area contributed by atoms with E-state index in [9.17, 15) is 4.79 Å². The Morgan fingerprint density at radius 2 is 2.32 bits per heavy atom. The van der Waals surface area contributed by atoms with Crippen LogP contribution in [0.15, 0.2) is 18.2 Å². The monoisotopic (exact) mass is 263 g/mol. The normalized spacial score (nSPS) is 15.6. The smallest absolute Gasteiger partial charge is 0.251 e. The molecule has 1 atom stereocenters. The van der Waals surface area contributed by atoms with Gasteiger partial charge in [0.15, 0.2) is 0 Å². The Kier molecular flexibility index (Phi) is 4.39. The third kappa shape index (κ3) is 3.68. The van der Waals surface area contributed by atoms with Gasteiger partial charge in [0.25, 0.3) is 5.91 Å². The quantitative estimate of drug-likeness (QED) is 0.775. The molecule has 19 heavy (non-hydrogen) atoms. The van der Waals surface area contributed by atoms with E-state index in [1.807, 2.05) is 12.1 Å². The van der Waals surface area contributed by atoms with Crippen LogP contribution in [0.1, 0.15) is 17.5 Å². The molecule has 5 heteroatoms. The van der Waals surface area contributed by atoms with Crippen molar-refractivity contribution in [2.24, 2.45) is 5.73 Å². The molecule has 3 N–H and O–H groups in total. The number of hydrogen-bond donors (Lipinski definition) is 2. The van der Waals surface area contributed by atoms with Crippen LogP contribution in [0.2, 0.25) is 0 Å². The van der Waals surface area contributed by atoms with Gasteiger partial charge in [0.05, 0.1) is 12.6 Å². The summed E-state index contributed by atoms with van der Waals surface area (Å²) in [6, 6.07) is 5.51. The lowest BCUT2D eigenvalue weighted by Gasteiger charge is -2.19. The molecule has 1 amide bonds. The largest absolute Gasteiger partial charge is 0.493 e. The van der Waals surface area contributed by atoms with Crippen LogP contribution in [0.4, 0.5) is 0 Å². The fourth-order valence-electron chi connectivity index (χ4n) is 2.19. The summed E-state index contributed by atoms with van der Waals surface area (Å²) in [6.07, 6.45) is 2.61. The molecule has 1 aliphatic heterocycles. The summed E-state index contributed by atoms with van der Waals surface area (Å²) in [5, 5.41) is 1.60. The van der Waals surface area contributed by atoms with Crippen LogP contribution < -0.4 is 15.9 Å². The molecule has 0 aliphatic carbocycles. The fraction of sp³-hybridized carbons (Fsp3) is 0.500. The molecule has 0 fully saturated rings. The van der Waals surface area contributed by atoms with Gasteiger partial charge in [0.2, 0.25) is 0 Å². The predicted molar refractivity (Wildman–Crippen MR) is 73.8 cm³/mol. The minimum atomic E-state index is -0.537. The number of benzene rings is 1. The number of rotatable bonds is 4. The van der Waals surface area contributed by atoms with Crippen LogP contribution in [-0.2, 0) is 17.6 Å². The molecule has 1 aliphatic rings. The zero-order valence-corrected chi connectivity index (χ0v) is 11.5. The van der Waals surface area contributed by atoms with Crippen LogP contribution >= 0.6 is 0 Å². The van der Waals surface area contributed by atoms with Gasteiger partial charge in [-0.1, -0.05) is 12.1 Å². The second-order valence-electron chi connectivity index (χ2n) is 5.08. The summed E-state index contributed by atoms with van der Waals surface area (Å²) in [5.74, 6) is 0.792. The lowest BCUT2D eigenvalue weighted by molar-refractivity contribution is -0.126. The Bertz CT molecular complexity index is 460. The van der Waals surface area contributed by atoms with Crippen molar-refractivity contribution in [1.29, 1.82) is 0 Å². The molecule has 0 bridgehead atoms. The number of hydrazine groups is 1. The molecule has 104 valence electrons. The van der Waals surface area contributed by atoms with Gasteiger partial charge in [-0.25, -0.2) is 5.01 Å². The number of amides is 1. The van der Waals surface area contributed by atoms with E-state index in [1.165, 1.54) is 5.56 Å². The summed E-state index contributed by atoms with van der Waals surface area (Å²) in [5.41, 5.74) is 10.9. The minimum absolute atomic E-state index is 0.168. The van der Waals surface area contributed by atoms with Crippen LogP contribution in [0.5, 0.6) is 5.75 Å². The maximum Gasteiger partial charge on any atom is 0.251 e. The van der Waals surface area contributed by atoms with Crippen molar-refractivity contribution in [3.63, 3.8) is 0 Å². The molecule has 2 rings (SSSR count). The van der Waals surface area contributed by atoms with E-state index in [0.717, 1.165) is 30.8 Å². The van der Waals surface area contributed by atoms with Gasteiger partial charge in [-0.05, 0) is 36.5 Å². The maximum atomic E-state index is 11.7. The molecule has 0 aromatic heterocycles. The van der Waals surface area contributed by atoms with Gasteiger partial charge in [-0.15, -0.1) is 0 Å². The number of nitrogens with zero attached hydrogens (tertiary/aromatic N) is 1. The molecule has 0 radical (unpaired) electrons. The van der Waals surface area contributed by atoms with Gasteiger partial charge >= 0.3 is 0 Å². The zero-order valence-electron chi connectivity index (χ0n) is 11.5. The zero-order chi connectivity index (χ0) is 13.8. The third-order valence-corrected chi connectivity index (χ3v) is 3.10. The Morgan fingerprint density at radius 1 is 1.53 bits per heavy atom. The summed E-state index contributed by atoms with van der Waals surface area (Å²) in [6.45, 7) is 0.789. The van der Waals surface area contributed by atoms with Crippen molar-refractivity contribution in [3.05, 3.63) is 29.3 Å². The molecule has 1 unspecified atom stereocenters.